The zero-order valence-electron chi connectivity index (χ0n) is 5.61. The van der Waals surface area contributed by atoms with Gasteiger partial charge in [-0.2, -0.15) is 0 Å². The maximum atomic E-state index is 10.4. The van der Waals surface area contributed by atoms with E-state index in [1.807, 2.05) is 0 Å². The molecule has 0 aliphatic heterocycles. The van der Waals surface area contributed by atoms with Crippen LogP contribution in [0.1, 0.15) is 5.69 Å². The van der Waals surface area contributed by atoms with E-state index in [4.69, 9.17) is 5.21 Å². The molecule has 0 unspecified atom stereocenters. The molecule has 1 rings (SSSR count). The Labute approximate surface area is 62.7 Å². The van der Waals surface area contributed by atoms with Gasteiger partial charge in [0.1, 0.15) is 0 Å². The van der Waals surface area contributed by atoms with Crippen LogP contribution in [0.5, 0.6) is 0 Å². The summed E-state index contributed by atoms with van der Waals surface area (Å²) in [6.07, 6.45) is 5.74. The second kappa shape index (κ2) is 3.52. The van der Waals surface area contributed by atoms with Gasteiger partial charge in [0.25, 0.3) is 5.91 Å². The highest BCUT2D eigenvalue weighted by atomic mass is 16.5. The van der Waals surface area contributed by atoms with E-state index in [0.29, 0.717) is 5.69 Å². The Bertz CT molecular complexity index is 253. The normalized spacial score (nSPS) is 10.3. The van der Waals surface area contributed by atoms with Gasteiger partial charge in [-0.25, -0.2) is 10.5 Å². The van der Waals surface area contributed by atoms with Gasteiger partial charge < -0.3 is 4.98 Å². The van der Waals surface area contributed by atoms with Crippen LogP contribution in [-0.4, -0.2) is 21.1 Å². The van der Waals surface area contributed by atoms with Crippen molar-refractivity contribution in [2.75, 3.05) is 0 Å². The number of carbonyl (C=O) groups excluding carboxylic acids is 1. The summed E-state index contributed by atoms with van der Waals surface area (Å²) in [5.74, 6) is -0.570. The van der Waals surface area contributed by atoms with Crippen molar-refractivity contribution in [3.63, 3.8) is 0 Å². The summed E-state index contributed by atoms with van der Waals surface area (Å²) in [4.78, 5) is 16.9. The summed E-state index contributed by atoms with van der Waals surface area (Å²) in [6.45, 7) is 0. The third-order valence-corrected chi connectivity index (χ3v) is 1.04. The number of carbonyl (C=O) groups is 1. The fourth-order valence-corrected chi connectivity index (χ4v) is 0.561. The van der Waals surface area contributed by atoms with Crippen LogP contribution < -0.4 is 5.48 Å². The van der Waals surface area contributed by atoms with Crippen LogP contribution in [0.4, 0.5) is 0 Å². The van der Waals surface area contributed by atoms with E-state index in [2.05, 4.69) is 9.97 Å². The van der Waals surface area contributed by atoms with Gasteiger partial charge in [-0.05, 0) is 6.08 Å². The third-order valence-electron chi connectivity index (χ3n) is 1.04. The van der Waals surface area contributed by atoms with Crippen LogP contribution >= 0.6 is 0 Å². The Balaban J connectivity index is 2.55. The summed E-state index contributed by atoms with van der Waals surface area (Å²) in [5.41, 5.74) is 2.17. The highest BCUT2D eigenvalue weighted by Crippen LogP contribution is 1.92. The molecule has 0 aliphatic rings. The molecule has 1 aromatic heterocycles. The molecular weight excluding hydrogens is 146 g/mol. The van der Waals surface area contributed by atoms with Gasteiger partial charge >= 0.3 is 0 Å². The van der Waals surface area contributed by atoms with Gasteiger partial charge in [-0.1, -0.05) is 0 Å². The molecule has 0 bridgehead atoms. The molecule has 0 saturated carbocycles. The van der Waals surface area contributed by atoms with Gasteiger partial charge in [-0.3, -0.25) is 10.0 Å². The molecule has 0 spiro atoms. The molecule has 1 aromatic rings. The smallest absolute Gasteiger partial charge is 0.267 e. The Kier molecular flexibility index (Phi) is 2.40. The second-order valence-electron chi connectivity index (χ2n) is 1.82. The maximum absolute atomic E-state index is 10.4. The van der Waals surface area contributed by atoms with Crippen molar-refractivity contribution in [2.45, 2.75) is 0 Å². The minimum atomic E-state index is -0.570. The minimum absolute atomic E-state index is 0.570. The number of aromatic nitrogens is 2. The number of amides is 1. The van der Waals surface area contributed by atoms with E-state index in [0.717, 1.165) is 0 Å². The number of imidazole rings is 1. The number of H-pyrrole nitrogens is 1. The molecule has 0 saturated heterocycles. The van der Waals surface area contributed by atoms with Crippen molar-refractivity contribution in [2.24, 2.45) is 0 Å². The number of hydroxylamine groups is 1. The Hall–Kier alpha value is -1.62. The first-order valence-corrected chi connectivity index (χ1v) is 2.93. The zero-order chi connectivity index (χ0) is 8.10. The summed E-state index contributed by atoms with van der Waals surface area (Å²) in [5, 5.41) is 8.09. The highest BCUT2D eigenvalue weighted by molar-refractivity contribution is 5.90. The van der Waals surface area contributed by atoms with Crippen molar-refractivity contribution >= 4 is 12.0 Å². The SMILES string of the molecule is O=C(C=Cc1cnc[nH]1)NO. The summed E-state index contributed by atoms with van der Waals surface area (Å²) in [6, 6.07) is 0. The summed E-state index contributed by atoms with van der Waals surface area (Å²) >= 11 is 0. The first-order chi connectivity index (χ1) is 5.33. The first-order valence-electron chi connectivity index (χ1n) is 2.93. The van der Waals surface area contributed by atoms with Gasteiger partial charge in [0.05, 0.1) is 18.2 Å². The van der Waals surface area contributed by atoms with Gasteiger partial charge in [-0.15, -0.1) is 0 Å². The quantitative estimate of drug-likeness (QED) is 0.316. The fraction of sp³-hybridized carbons (Fsp3) is 0. The maximum Gasteiger partial charge on any atom is 0.267 e. The predicted molar refractivity (Wildman–Crippen MR) is 37.6 cm³/mol. The first kappa shape index (κ1) is 7.49. The van der Waals surface area contributed by atoms with Crippen molar-refractivity contribution in [1.29, 1.82) is 0 Å². The Morgan fingerprint density at radius 2 is 2.64 bits per heavy atom. The number of nitrogens with one attached hydrogen (secondary N) is 2. The molecule has 1 amide bonds. The van der Waals surface area contributed by atoms with Crippen LogP contribution in [0.25, 0.3) is 6.08 Å². The highest BCUT2D eigenvalue weighted by Gasteiger charge is 1.90. The Morgan fingerprint density at radius 3 is 3.18 bits per heavy atom. The van der Waals surface area contributed by atoms with Crippen LogP contribution in [0.3, 0.4) is 0 Å². The van der Waals surface area contributed by atoms with Crippen molar-refractivity contribution in [3.05, 3.63) is 24.3 Å². The average molecular weight is 153 g/mol. The number of hydrogen-bond acceptors (Lipinski definition) is 3. The topological polar surface area (TPSA) is 78.0 Å². The largest absolute Gasteiger partial charge is 0.345 e. The fourth-order valence-electron chi connectivity index (χ4n) is 0.561. The monoisotopic (exact) mass is 153 g/mol. The molecule has 0 radical (unpaired) electrons. The van der Waals surface area contributed by atoms with Crippen molar-refractivity contribution in [3.8, 4) is 0 Å². The van der Waals surface area contributed by atoms with E-state index in [9.17, 15) is 4.79 Å². The predicted octanol–water partition coefficient (Wildman–Crippen LogP) is -0.0717. The molecule has 3 N–H and O–H groups in total. The third kappa shape index (κ3) is 2.23. The molecule has 11 heavy (non-hydrogen) atoms. The number of hydrogen-bond donors (Lipinski definition) is 3. The molecule has 0 aliphatic carbocycles. The minimum Gasteiger partial charge on any atom is -0.345 e. The van der Waals surface area contributed by atoms with E-state index in [-0.39, 0.29) is 0 Å². The van der Waals surface area contributed by atoms with Crippen LogP contribution in [-0.2, 0) is 4.79 Å². The number of rotatable bonds is 2. The van der Waals surface area contributed by atoms with Crippen molar-refractivity contribution in [1.82, 2.24) is 15.4 Å². The Morgan fingerprint density at radius 1 is 1.82 bits per heavy atom. The lowest BCUT2D eigenvalue weighted by Crippen LogP contribution is -2.14. The van der Waals surface area contributed by atoms with Crippen LogP contribution in [0.15, 0.2) is 18.6 Å². The summed E-state index contributed by atoms with van der Waals surface area (Å²) < 4.78 is 0. The lowest BCUT2D eigenvalue weighted by Gasteiger charge is -1.86. The molecular formula is C6H7N3O2. The number of nitrogens with zero attached hydrogens (tertiary/aromatic N) is 1. The van der Waals surface area contributed by atoms with Crippen LogP contribution in [0.2, 0.25) is 0 Å². The average Bonchev–Trinajstić information content (AvgIpc) is 2.52. The lowest BCUT2D eigenvalue weighted by atomic mass is 10.4. The molecule has 5 heteroatoms. The lowest BCUT2D eigenvalue weighted by molar-refractivity contribution is -0.124. The number of aromatic amines is 1. The van der Waals surface area contributed by atoms with Gasteiger partial charge in [0, 0.05) is 6.08 Å². The second-order valence-corrected chi connectivity index (χ2v) is 1.82. The molecule has 5 nitrogen and oxygen atoms in total. The van der Waals surface area contributed by atoms with Crippen molar-refractivity contribution < 1.29 is 10.0 Å². The van der Waals surface area contributed by atoms with E-state index >= 15 is 0 Å². The molecule has 1 heterocycles. The summed E-state index contributed by atoms with van der Waals surface area (Å²) in [7, 11) is 0. The van der Waals surface area contributed by atoms with E-state index in [1.165, 1.54) is 24.0 Å². The molecule has 0 fully saturated rings. The van der Waals surface area contributed by atoms with Gasteiger partial charge in [0.15, 0.2) is 0 Å². The zero-order valence-corrected chi connectivity index (χ0v) is 5.61. The molecule has 0 atom stereocenters. The molecule has 0 aromatic carbocycles. The molecule has 58 valence electrons. The standard InChI is InChI=1S/C6H7N3O2/c10-6(9-11)2-1-5-3-7-4-8-5/h1-4,11H,(H,7,8)(H,9,10). The van der Waals surface area contributed by atoms with Gasteiger partial charge in [0.2, 0.25) is 0 Å². The van der Waals surface area contributed by atoms with Crippen LogP contribution in [0, 0.1) is 0 Å². The van der Waals surface area contributed by atoms with E-state index < -0.39 is 5.91 Å². The van der Waals surface area contributed by atoms with E-state index in [1.54, 1.807) is 6.20 Å².